The van der Waals surface area contributed by atoms with Gasteiger partial charge in [0.2, 0.25) is 5.91 Å². The van der Waals surface area contributed by atoms with Crippen LogP contribution in [0.3, 0.4) is 0 Å². The van der Waals surface area contributed by atoms with Crippen LogP contribution in [0.25, 0.3) is 0 Å². The predicted molar refractivity (Wildman–Crippen MR) is 80.9 cm³/mol. The van der Waals surface area contributed by atoms with Gasteiger partial charge >= 0.3 is 5.97 Å². The molecule has 0 spiro atoms. The molecule has 1 amide bonds. The molecule has 6 heteroatoms. The molecule has 1 N–H and O–H groups in total. The van der Waals surface area contributed by atoms with Crippen LogP contribution >= 0.6 is 0 Å². The summed E-state index contributed by atoms with van der Waals surface area (Å²) in [5.74, 6) is -1.91. The maximum Gasteiger partial charge on any atom is 0.306 e. The van der Waals surface area contributed by atoms with E-state index in [1.54, 1.807) is 24.3 Å². The SMILES string of the molecule is O=C(O)C1CCC(C(=O)N(Cc2ccccc2)CC(F)F)CC1. The summed E-state index contributed by atoms with van der Waals surface area (Å²) < 4.78 is 25.6. The van der Waals surface area contributed by atoms with Crippen LogP contribution in [-0.2, 0) is 16.1 Å². The molecule has 1 aliphatic rings. The zero-order chi connectivity index (χ0) is 16.8. The van der Waals surface area contributed by atoms with Gasteiger partial charge in [-0.2, -0.15) is 0 Å². The van der Waals surface area contributed by atoms with E-state index in [1.807, 2.05) is 6.07 Å². The average molecular weight is 325 g/mol. The number of halogens is 2. The summed E-state index contributed by atoms with van der Waals surface area (Å²) in [7, 11) is 0. The van der Waals surface area contributed by atoms with Crippen LogP contribution in [0.5, 0.6) is 0 Å². The number of carbonyl (C=O) groups excluding carboxylic acids is 1. The topological polar surface area (TPSA) is 57.6 Å². The van der Waals surface area contributed by atoms with Gasteiger partial charge in [-0.05, 0) is 31.2 Å². The summed E-state index contributed by atoms with van der Waals surface area (Å²) in [5.41, 5.74) is 0.806. The fourth-order valence-corrected chi connectivity index (χ4v) is 3.05. The Bertz CT molecular complexity index is 528. The average Bonchev–Trinajstić information content (AvgIpc) is 2.54. The van der Waals surface area contributed by atoms with Crippen molar-refractivity contribution in [2.45, 2.75) is 38.7 Å². The molecule has 1 fully saturated rings. The third-order valence-corrected chi connectivity index (χ3v) is 4.31. The van der Waals surface area contributed by atoms with E-state index in [9.17, 15) is 18.4 Å². The first-order chi connectivity index (χ1) is 11.0. The molecule has 2 rings (SSSR count). The zero-order valence-corrected chi connectivity index (χ0v) is 12.8. The molecule has 0 radical (unpaired) electrons. The fourth-order valence-electron chi connectivity index (χ4n) is 3.05. The molecular formula is C17H21F2NO3. The van der Waals surface area contributed by atoms with Crippen molar-refractivity contribution < 1.29 is 23.5 Å². The van der Waals surface area contributed by atoms with Gasteiger partial charge in [0, 0.05) is 12.5 Å². The molecule has 0 heterocycles. The highest BCUT2D eigenvalue weighted by atomic mass is 19.3. The number of carboxylic acids is 1. The van der Waals surface area contributed by atoms with Gasteiger partial charge < -0.3 is 10.0 Å². The summed E-state index contributed by atoms with van der Waals surface area (Å²) in [6.45, 7) is -0.435. The highest BCUT2D eigenvalue weighted by Gasteiger charge is 2.32. The monoisotopic (exact) mass is 325 g/mol. The van der Waals surface area contributed by atoms with Crippen LogP contribution in [0, 0.1) is 11.8 Å². The molecule has 0 saturated heterocycles. The predicted octanol–water partition coefficient (Wildman–Crippen LogP) is 3.17. The van der Waals surface area contributed by atoms with Crippen LogP contribution in [0.1, 0.15) is 31.2 Å². The molecule has 0 unspecified atom stereocenters. The second-order valence-corrected chi connectivity index (χ2v) is 5.98. The molecule has 0 atom stereocenters. The zero-order valence-electron chi connectivity index (χ0n) is 12.8. The first-order valence-corrected chi connectivity index (χ1v) is 7.81. The van der Waals surface area contributed by atoms with Gasteiger partial charge in [0.1, 0.15) is 0 Å². The lowest BCUT2D eigenvalue weighted by molar-refractivity contribution is -0.146. The van der Waals surface area contributed by atoms with E-state index in [4.69, 9.17) is 5.11 Å². The Morgan fingerprint density at radius 1 is 1.09 bits per heavy atom. The standard InChI is InChI=1S/C17H21F2NO3/c18-15(19)11-20(10-12-4-2-1-3-5-12)16(21)13-6-8-14(9-7-13)17(22)23/h1-5,13-15H,6-11H2,(H,22,23). The van der Waals surface area contributed by atoms with Crippen LogP contribution in [0.4, 0.5) is 8.78 Å². The lowest BCUT2D eigenvalue weighted by Crippen LogP contribution is -2.40. The third kappa shape index (κ3) is 5.01. The number of alkyl halides is 2. The van der Waals surface area contributed by atoms with E-state index in [0.717, 1.165) is 5.56 Å². The van der Waals surface area contributed by atoms with Crippen LogP contribution in [0.2, 0.25) is 0 Å². The second-order valence-electron chi connectivity index (χ2n) is 5.98. The summed E-state index contributed by atoms with van der Waals surface area (Å²) >= 11 is 0. The number of aliphatic carboxylic acids is 1. The molecule has 4 nitrogen and oxygen atoms in total. The lowest BCUT2D eigenvalue weighted by atomic mass is 9.81. The smallest absolute Gasteiger partial charge is 0.306 e. The highest BCUT2D eigenvalue weighted by molar-refractivity contribution is 5.79. The number of hydrogen-bond donors (Lipinski definition) is 1. The Morgan fingerprint density at radius 3 is 2.17 bits per heavy atom. The lowest BCUT2D eigenvalue weighted by Gasteiger charge is -2.31. The van der Waals surface area contributed by atoms with Gasteiger partial charge in [0.05, 0.1) is 12.5 Å². The van der Waals surface area contributed by atoms with E-state index in [1.165, 1.54) is 4.90 Å². The summed E-state index contributed by atoms with van der Waals surface area (Å²) in [6.07, 6.45) is -0.827. The van der Waals surface area contributed by atoms with Crippen molar-refractivity contribution in [1.82, 2.24) is 4.90 Å². The third-order valence-electron chi connectivity index (χ3n) is 4.31. The van der Waals surface area contributed by atoms with Gasteiger partial charge in [-0.3, -0.25) is 9.59 Å². The first-order valence-electron chi connectivity index (χ1n) is 7.81. The normalized spacial score (nSPS) is 21.2. The quantitative estimate of drug-likeness (QED) is 0.874. The van der Waals surface area contributed by atoms with Crippen molar-refractivity contribution in [2.75, 3.05) is 6.54 Å². The van der Waals surface area contributed by atoms with Crippen molar-refractivity contribution >= 4 is 11.9 Å². The minimum Gasteiger partial charge on any atom is -0.481 e. The Kier molecular flexibility index (Phi) is 6.07. The number of amides is 1. The van der Waals surface area contributed by atoms with Crippen molar-refractivity contribution in [3.8, 4) is 0 Å². The van der Waals surface area contributed by atoms with Crippen molar-refractivity contribution in [1.29, 1.82) is 0 Å². The number of benzene rings is 1. The fraction of sp³-hybridized carbons (Fsp3) is 0.529. The molecule has 0 bridgehead atoms. The minimum atomic E-state index is -2.59. The largest absolute Gasteiger partial charge is 0.481 e. The minimum absolute atomic E-state index is 0.156. The maximum absolute atomic E-state index is 12.8. The van der Waals surface area contributed by atoms with Crippen molar-refractivity contribution in [3.05, 3.63) is 35.9 Å². The number of carbonyl (C=O) groups is 2. The summed E-state index contributed by atoms with van der Waals surface area (Å²) in [5, 5.41) is 8.99. The van der Waals surface area contributed by atoms with Crippen LogP contribution in [-0.4, -0.2) is 34.9 Å². The van der Waals surface area contributed by atoms with Gasteiger partial charge in [0.25, 0.3) is 6.43 Å². The molecule has 0 aromatic heterocycles. The summed E-state index contributed by atoms with van der Waals surface area (Å²) in [4.78, 5) is 24.7. The number of nitrogens with zero attached hydrogens (tertiary/aromatic N) is 1. The Labute approximate surface area is 134 Å². The van der Waals surface area contributed by atoms with Crippen LogP contribution < -0.4 is 0 Å². The van der Waals surface area contributed by atoms with Gasteiger partial charge in [0.15, 0.2) is 0 Å². The van der Waals surface area contributed by atoms with Gasteiger partial charge in [-0.25, -0.2) is 8.78 Å². The van der Waals surface area contributed by atoms with Crippen molar-refractivity contribution in [2.24, 2.45) is 11.8 Å². The molecule has 0 aliphatic heterocycles. The van der Waals surface area contributed by atoms with Crippen LogP contribution in [0.15, 0.2) is 30.3 Å². The molecule has 1 aromatic carbocycles. The maximum atomic E-state index is 12.8. The molecule has 126 valence electrons. The Morgan fingerprint density at radius 2 is 1.65 bits per heavy atom. The molecule has 1 aromatic rings. The van der Waals surface area contributed by atoms with E-state index in [2.05, 4.69) is 0 Å². The molecule has 1 saturated carbocycles. The first kappa shape index (κ1) is 17.4. The molecule has 23 heavy (non-hydrogen) atoms. The Balaban J connectivity index is 2.01. The number of carboxylic acid groups (broad SMARTS) is 1. The van der Waals surface area contributed by atoms with Gasteiger partial charge in [-0.15, -0.1) is 0 Å². The second kappa shape index (κ2) is 8.04. The number of rotatable bonds is 6. The van der Waals surface area contributed by atoms with Gasteiger partial charge in [-0.1, -0.05) is 30.3 Å². The van der Waals surface area contributed by atoms with E-state index in [-0.39, 0.29) is 18.4 Å². The highest BCUT2D eigenvalue weighted by Crippen LogP contribution is 2.30. The number of hydrogen-bond acceptors (Lipinski definition) is 2. The van der Waals surface area contributed by atoms with E-state index < -0.39 is 24.9 Å². The van der Waals surface area contributed by atoms with E-state index >= 15 is 0 Å². The Hall–Kier alpha value is -1.98. The van der Waals surface area contributed by atoms with Crippen molar-refractivity contribution in [3.63, 3.8) is 0 Å². The van der Waals surface area contributed by atoms with E-state index in [0.29, 0.717) is 25.7 Å². The summed E-state index contributed by atoms with van der Waals surface area (Å²) in [6, 6.07) is 9.03. The molecular weight excluding hydrogens is 304 g/mol. The molecule has 1 aliphatic carbocycles.